The van der Waals surface area contributed by atoms with Gasteiger partial charge >= 0.3 is 0 Å². The molecular formula is C17H19N3O2. The van der Waals surface area contributed by atoms with Crippen molar-refractivity contribution in [3.8, 4) is 0 Å². The van der Waals surface area contributed by atoms with E-state index in [2.05, 4.69) is 15.6 Å². The Balaban J connectivity index is 1.33. The zero-order chi connectivity index (χ0) is 14.7. The summed E-state index contributed by atoms with van der Waals surface area (Å²) < 4.78 is 5.26. The summed E-state index contributed by atoms with van der Waals surface area (Å²) in [7, 11) is 0. The molecule has 3 aliphatic carbocycles. The normalized spacial score (nSPS) is 35.9. The number of rotatable bonds is 2. The van der Waals surface area contributed by atoms with Crippen LogP contribution in [0.4, 0.5) is 0 Å². The van der Waals surface area contributed by atoms with Crippen molar-refractivity contribution in [2.75, 3.05) is 0 Å². The van der Waals surface area contributed by atoms with Crippen molar-refractivity contribution in [3.63, 3.8) is 0 Å². The molecule has 4 aliphatic rings. The summed E-state index contributed by atoms with van der Waals surface area (Å²) in [6.45, 7) is 0. The lowest BCUT2D eigenvalue weighted by Crippen LogP contribution is -2.44. The van der Waals surface area contributed by atoms with Crippen LogP contribution in [0.5, 0.6) is 0 Å². The standard InChI is InChI=1S/C17H19N3O2/c21-15(13-5-6-14-12(18-13)7-8-22-14)19-16-17(20-16)9-10-1-3-11(17)4-2-10/h5-8,10-11,16,20H,1-4,9H2,(H,19,21). The maximum absolute atomic E-state index is 12.4. The summed E-state index contributed by atoms with van der Waals surface area (Å²) in [4.78, 5) is 16.8. The summed E-state index contributed by atoms with van der Waals surface area (Å²) >= 11 is 0. The van der Waals surface area contributed by atoms with Gasteiger partial charge in [0.2, 0.25) is 0 Å². The van der Waals surface area contributed by atoms with E-state index in [1.54, 1.807) is 24.5 Å². The Bertz CT molecular complexity index is 747. The average molecular weight is 297 g/mol. The van der Waals surface area contributed by atoms with Crippen molar-refractivity contribution in [2.24, 2.45) is 11.8 Å². The van der Waals surface area contributed by atoms with Crippen LogP contribution in [0.2, 0.25) is 0 Å². The predicted octanol–water partition coefficient (Wildman–Crippen LogP) is 2.44. The number of carbonyl (C=O) groups excluding carboxylic acids is 1. The molecule has 2 aromatic heterocycles. The molecule has 5 nitrogen and oxygen atoms in total. The predicted molar refractivity (Wildman–Crippen MR) is 81.2 cm³/mol. The number of nitrogens with zero attached hydrogens (tertiary/aromatic N) is 1. The first kappa shape index (κ1) is 12.6. The zero-order valence-corrected chi connectivity index (χ0v) is 12.3. The van der Waals surface area contributed by atoms with Gasteiger partial charge in [-0.25, -0.2) is 4.98 Å². The first-order valence-corrected chi connectivity index (χ1v) is 8.17. The molecule has 0 radical (unpaired) electrons. The van der Waals surface area contributed by atoms with Gasteiger partial charge in [-0.2, -0.15) is 0 Å². The SMILES string of the molecule is O=C(NC1NC12CC1CCC2CC1)c1ccc2occc2n1. The maximum atomic E-state index is 12.4. The second-order valence-corrected chi connectivity index (χ2v) is 7.01. The minimum absolute atomic E-state index is 0.0982. The number of fused-ring (bicyclic) bond motifs is 3. The lowest BCUT2D eigenvalue weighted by molar-refractivity contribution is 0.0911. The summed E-state index contributed by atoms with van der Waals surface area (Å²) in [5.41, 5.74) is 2.07. The van der Waals surface area contributed by atoms with Crippen molar-refractivity contribution in [2.45, 2.75) is 43.8 Å². The van der Waals surface area contributed by atoms with Gasteiger partial charge in [-0.15, -0.1) is 0 Å². The average Bonchev–Trinajstić information content (AvgIpc) is 2.99. The van der Waals surface area contributed by atoms with Crippen LogP contribution in [0, 0.1) is 11.8 Å². The van der Waals surface area contributed by atoms with Gasteiger partial charge in [0.25, 0.3) is 5.91 Å². The summed E-state index contributed by atoms with van der Waals surface area (Å²) in [6, 6.07) is 5.31. The van der Waals surface area contributed by atoms with Crippen LogP contribution in [-0.4, -0.2) is 22.6 Å². The van der Waals surface area contributed by atoms with E-state index in [-0.39, 0.29) is 17.6 Å². The molecule has 1 spiro atoms. The van der Waals surface area contributed by atoms with Crippen LogP contribution in [0.25, 0.3) is 11.1 Å². The molecule has 1 amide bonds. The molecule has 3 saturated carbocycles. The molecule has 1 aliphatic heterocycles. The first-order valence-electron chi connectivity index (χ1n) is 8.17. The largest absolute Gasteiger partial charge is 0.463 e. The van der Waals surface area contributed by atoms with Crippen molar-refractivity contribution >= 4 is 17.0 Å². The van der Waals surface area contributed by atoms with E-state index in [0.29, 0.717) is 11.3 Å². The van der Waals surface area contributed by atoms with E-state index < -0.39 is 0 Å². The Hall–Kier alpha value is -1.88. The van der Waals surface area contributed by atoms with E-state index in [4.69, 9.17) is 4.42 Å². The Morgan fingerprint density at radius 3 is 2.91 bits per heavy atom. The van der Waals surface area contributed by atoms with Crippen molar-refractivity contribution < 1.29 is 9.21 Å². The Morgan fingerprint density at radius 1 is 1.27 bits per heavy atom. The fraction of sp³-hybridized carbons (Fsp3) is 0.529. The van der Waals surface area contributed by atoms with Gasteiger partial charge in [-0.3, -0.25) is 10.1 Å². The first-order chi connectivity index (χ1) is 10.7. The summed E-state index contributed by atoms with van der Waals surface area (Å²) in [6.07, 6.45) is 8.29. The molecule has 2 atom stereocenters. The van der Waals surface area contributed by atoms with E-state index in [1.165, 1.54) is 32.1 Å². The quantitative estimate of drug-likeness (QED) is 0.835. The molecule has 2 unspecified atom stereocenters. The van der Waals surface area contributed by atoms with Crippen LogP contribution >= 0.6 is 0 Å². The van der Waals surface area contributed by atoms with Crippen LogP contribution in [-0.2, 0) is 0 Å². The molecule has 2 aromatic rings. The van der Waals surface area contributed by atoms with Gasteiger partial charge in [0.15, 0.2) is 5.58 Å². The minimum atomic E-state index is -0.0982. The molecule has 0 aromatic carbocycles. The Morgan fingerprint density at radius 2 is 2.14 bits per heavy atom. The molecule has 1 saturated heterocycles. The van der Waals surface area contributed by atoms with Crippen molar-refractivity contribution in [1.29, 1.82) is 0 Å². The highest BCUT2D eigenvalue weighted by Gasteiger charge is 2.62. The number of pyridine rings is 1. The lowest BCUT2D eigenvalue weighted by Gasteiger charge is -2.42. The van der Waals surface area contributed by atoms with Gasteiger partial charge in [0.1, 0.15) is 11.2 Å². The highest BCUT2D eigenvalue weighted by atomic mass is 16.3. The Kier molecular flexibility index (Phi) is 2.48. The molecule has 5 heteroatoms. The van der Waals surface area contributed by atoms with E-state index in [0.717, 1.165) is 17.4 Å². The van der Waals surface area contributed by atoms with Crippen LogP contribution in [0.15, 0.2) is 28.9 Å². The van der Waals surface area contributed by atoms with Crippen LogP contribution < -0.4 is 10.6 Å². The van der Waals surface area contributed by atoms with E-state index in [9.17, 15) is 4.79 Å². The Labute approximate surface area is 128 Å². The van der Waals surface area contributed by atoms with Gasteiger partial charge in [-0.1, -0.05) is 12.8 Å². The summed E-state index contributed by atoms with van der Waals surface area (Å²) in [5.74, 6) is 1.48. The van der Waals surface area contributed by atoms with E-state index in [1.807, 2.05) is 0 Å². The number of hydrogen-bond donors (Lipinski definition) is 2. The van der Waals surface area contributed by atoms with Crippen molar-refractivity contribution in [3.05, 3.63) is 30.2 Å². The third kappa shape index (κ3) is 1.75. The number of aromatic nitrogens is 1. The minimum Gasteiger partial charge on any atom is -0.463 e. The van der Waals surface area contributed by atoms with Gasteiger partial charge in [0.05, 0.1) is 18.0 Å². The number of carbonyl (C=O) groups is 1. The smallest absolute Gasteiger partial charge is 0.271 e. The fourth-order valence-electron chi connectivity index (χ4n) is 4.63. The number of amides is 1. The molecule has 2 N–H and O–H groups in total. The number of nitrogens with one attached hydrogen (secondary N) is 2. The zero-order valence-electron chi connectivity index (χ0n) is 12.3. The second kappa shape index (κ2) is 4.32. The topological polar surface area (TPSA) is 77.1 Å². The maximum Gasteiger partial charge on any atom is 0.271 e. The molecule has 3 heterocycles. The molecule has 114 valence electrons. The van der Waals surface area contributed by atoms with E-state index >= 15 is 0 Å². The molecule has 22 heavy (non-hydrogen) atoms. The molecule has 4 fully saturated rings. The monoisotopic (exact) mass is 297 g/mol. The highest BCUT2D eigenvalue weighted by Crippen LogP contribution is 2.54. The van der Waals surface area contributed by atoms with Crippen LogP contribution in [0.3, 0.4) is 0 Å². The van der Waals surface area contributed by atoms with Gasteiger partial charge in [-0.05, 0) is 43.2 Å². The third-order valence-corrected chi connectivity index (χ3v) is 5.86. The van der Waals surface area contributed by atoms with Gasteiger partial charge in [0, 0.05) is 6.07 Å². The molecule has 6 rings (SSSR count). The third-order valence-electron chi connectivity index (χ3n) is 5.86. The van der Waals surface area contributed by atoms with Crippen LogP contribution in [0.1, 0.15) is 42.6 Å². The fourth-order valence-corrected chi connectivity index (χ4v) is 4.63. The number of furan rings is 1. The second-order valence-electron chi connectivity index (χ2n) is 7.01. The molecular weight excluding hydrogens is 278 g/mol. The highest BCUT2D eigenvalue weighted by molar-refractivity contribution is 5.94. The number of hydrogen-bond acceptors (Lipinski definition) is 4. The summed E-state index contributed by atoms with van der Waals surface area (Å²) in [5, 5.41) is 6.70. The lowest BCUT2D eigenvalue weighted by atomic mass is 9.63. The van der Waals surface area contributed by atoms with Gasteiger partial charge < -0.3 is 9.73 Å². The van der Waals surface area contributed by atoms with Crippen molar-refractivity contribution in [1.82, 2.24) is 15.6 Å². The molecule has 2 bridgehead atoms.